The van der Waals surface area contributed by atoms with Crippen LogP contribution in [0.25, 0.3) is 0 Å². The van der Waals surface area contributed by atoms with E-state index in [-0.39, 0.29) is 13.2 Å². The highest BCUT2D eigenvalue weighted by Crippen LogP contribution is 2.13. The number of hydrogen-bond acceptors (Lipinski definition) is 4. The van der Waals surface area contributed by atoms with E-state index in [0.717, 1.165) is 4.47 Å². The number of nitrogens with one attached hydrogen (secondary N) is 1. The fourth-order valence-electron chi connectivity index (χ4n) is 1.26. The molecule has 100 valence electrons. The molecule has 0 radical (unpaired) electrons. The van der Waals surface area contributed by atoms with E-state index in [2.05, 4.69) is 26.2 Å². The molecular formula is C12H17BrN2O3. The van der Waals surface area contributed by atoms with Gasteiger partial charge in [0.15, 0.2) is 0 Å². The minimum Gasteiger partial charge on any atom is -0.444 e. The lowest BCUT2D eigenvalue weighted by atomic mass is 10.2. The maximum Gasteiger partial charge on any atom is 0.407 e. The zero-order chi connectivity index (χ0) is 13.8. The van der Waals surface area contributed by atoms with E-state index < -0.39 is 11.7 Å². The normalized spacial score (nSPS) is 11.2. The second-order valence-corrected chi connectivity index (χ2v) is 5.70. The Morgan fingerprint density at radius 2 is 2.06 bits per heavy atom. The Hall–Kier alpha value is -1.14. The number of carbonyl (C=O) groups is 1. The summed E-state index contributed by atoms with van der Waals surface area (Å²) in [7, 11) is 0. The van der Waals surface area contributed by atoms with Crippen LogP contribution in [0.4, 0.5) is 4.79 Å². The molecule has 0 atom stereocenters. The van der Waals surface area contributed by atoms with Crippen LogP contribution in [0, 0.1) is 0 Å². The number of aliphatic hydroxyl groups excluding tert-OH is 1. The summed E-state index contributed by atoms with van der Waals surface area (Å²) in [6.07, 6.45) is -0.491. The molecule has 18 heavy (non-hydrogen) atoms. The molecule has 2 N–H and O–H groups in total. The number of halogens is 1. The third-order valence-electron chi connectivity index (χ3n) is 1.87. The Bertz CT molecular complexity index is 430. The second-order valence-electron chi connectivity index (χ2n) is 4.78. The molecule has 0 saturated heterocycles. The predicted octanol–water partition coefficient (Wildman–Crippen LogP) is 2.36. The molecule has 0 saturated carbocycles. The Balaban J connectivity index is 2.58. The Labute approximate surface area is 115 Å². The highest BCUT2D eigenvalue weighted by atomic mass is 79.9. The number of aliphatic hydroxyl groups is 1. The van der Waals surface area contributed by atoms with Gasteiger partial charge in [0.2, 0.25) is 0 Å². The van der Waals surface area contributed by atoms with Gasteiger partial charge in [0.05, 0.1) is 24.5 Å². The van der Waals surface area contributed by atoms with Crippen LogP contribution >= 0.6 is 15.9 Å². The first-order chi connectivity index (χ1) is 8.30. The van der Waals surface area contributed by atoms with Gasteiger partial charge in [0.25, 0.3) is 0 Å². The second kappa shape index (κ2) is 6.15. The summed E-state index contributed by atoms with van der Waals surface area (Å²) in [5.41, 5.74) is 0.676. The van der Waals surface area contributed by atoms with E-state index in [1.807, 2.05) is 0 Å². The Morgan fingerprint density at radius 3 is 2.61 bits per heavy atom. The standard InChI is InChI=1S/C12H17BrN2O3/c1-12(2,3)18-11(17)14-6-9-4-8(13)5-10(7-16)15-9/h4-5,16H,6-7H2,1-3H3,(H,14,17). The topological polar surface area (TPSA) is 71.5 Å². The maximum atomic E-state index is 11.4. The van der Waals surface area contributed by atoms with E-state index in [1.165, 1.54) is 0 Å². The van der Waals surface area contributed by atoms with Gasteiger partial charge in [0, 0.05) is 4.47 Å². The lowest BCUT2D eigenvalue weighted by Gasteiger charge is -2.19. The van der Waals surface area contributed by atoms with Crippen LogP contribution in [0.1, 0.15) is 32.2 Å². The van der Waals surface area contributed by atoms with Gasteiger partial charge in [-0.3, -0.25) is 4.98 Å². The molecule has 0 aliphatic carbocycles. The number of carbonyl (C=O) groups excluding carboxylic acids is 1. The predicted molar refractivity (Wildman–Crippen MR) is 70.9 cm³/mol. The molecule has 0 spiro atoms. The van der Waals surface area contributed by atoms with Crippen molar-refractivity contribution in [1.82, 2.24) is 10.3 Å². The summed E-state index contributed by atoms with van der Waals surface area (Å²) in [5.74, 6) is 0. The number of aromatic nitrogens is 1. The molecule has 0 bridgehead atoms. The number of ether oxygens (including phenoxy) is 1. The molecule has 0 fully saturated rings. The first-order valence-electron chi connectivity index (χ1n) is 5.53. The molecule has 0 aromatic carbocycles. The lowest BCUT2D eigenvalue weighted by Crippen LogP contribution is -2.32. The molecule has 1 amide bonds. The van der Waals surface area contributed by atoms with Crippen molar-refractivity contribution >= 4 is 22.0 Å². The van der Waals surface area contributed by atoms with Crippen LogP contribution in [-0.4, -0.2) is 21.8 Å². The number of pyridine rings is 1. The minimum atomic E-state index is -0.523. The van der Waals surface area contributed by atoms with Crippen LogP contribution in [0.3, 0.4) is 0 Å². The van der Waals surface area contributed by atoms with E-state index in [1.54, 1.807) is 32.9 Å². The largest absolute Gasteiger partial charge is 0.444 e. The van der Waals surface area contributed by atoms with Crippen molar-refractivity contribution in [3.05, 3.63) is 28.0 Å². The van der Waals surface area contributed by atoms with Crippen LogP contribution in [-0.2, 0) is 17.9 Å². The lowest BCUT2D eigenvalue weighted by molar-refractivity contribution is 0.0523. The highest BCUT2D eigenvalue weighted by molar-refractivity contribution is 9.10. The molecule has 6 heteroatoms. The number of hydrogen-bond donors (Lipinski definition) is 2. The fraction of sp³-hybridized carbons (Fsp3) is 0.500. The van der Waals surface area contributed by atoms with Crippen LogP contribution in [0.2, 0.25) is 0 Å². The number of nitrogens with zero attached hydrogens (tertiary/aromatic N) is 1. The van der Waals surface area contributed by atoms with E-state index in [0.29, 0.717) is 11.4 Å². The van der Waals surface area contributed by atoms with Gasteiger partial charge in [-0.1, -0.05) is 15.9 Å². The van der Waals surface area contributed by atoms with Gasteiger partial charge in [-0.25, -0.2) is 4.79 Å². The molecule has 1 rings (SSSR count). The number of amides is 1. The van der Waals surface area contributed by atoms with Gasteiger partial charge < -0.3 is 15.2 Å². The zero-order valence-corrected chi connectivity index (χ0v) is 12.2. The average molecular weight is 317 g/mol. The van der Waals surface area contributed by atoms with Gasteiger partial charge in [-0.05, 0) is 32.9 Å². The van der Waals surface area contributed by atoms with Crippen LogP contribution in [0.5, 0.6) is 0 Å². The zero-order valence-electron chi connectivity index (χ0n) is 10.7. The average Bonchev–Trinajstić information content (AvgIpc) is 2.23. The summed E-state index contributed by atoms with van der Waals surface area (Å²) in [6, 6.07) is 3.49. The smallest absolute Gasteiger partial charge is 0.407 e. The molecule has 1 aromatic heterocycles. The molecule has 0 aliphatic heterocycles. The molecule has 0 unspecified atom stereocenters. The van der Waals surface area contributed by atoms with Crippen molar-refractivity contribution in [1.29, 1.82) is 0 Å². The van der Waals surface area contributed by atoms with Gasteiger partial charge in [-0.15, -0.1) is 0 Å². The van der Waals surface area contributed by atoms with Crippen LogP contribution < -0.4 is 5.32 Å². The van der Waals surface area contributed by atoms with E-state index in [9.17, 15) is 4.79 Å². The summed E-state index contributed by atoms with van der Waals surface area (Å²) >= 11 is 3.31. The Kier molecular flexibility index (Phi) is 5.10. The SMILES string of the molecule is CC(C)(C)OC(=O)NCc1cc(Br)cc(CO)n1. The minimum absolute atomic E-state index is 0.140. The summed E-state index contributed by atoms with van der Waals surface area (Å²) < 4.78 is 5.92. The third-order valence-corrected chi connectivity index (χ3v) is 2.33. The van der Waals surface area contributed by atoms with Gasteiger partial charge in [0.1, 0.15) is 5.60 Å². The van der Waals surface area contributed by atoms with Crippen molar-refractivity contribution in [2.45, 2.75) is 39.5 Å². The number of alkyl carbamates (subject to hydrolysis) is 1. The number of rotatable bonds is 3. The van der Waals surface area contributed by atoms with Crippen LogP contribution in [0.15, 0.2) is 16.6 Å². The van der Waals surface area contributed by atoms with Crippen molar-refractivity contribution < 1.29 is 14.6 Å². The van der Waals surface area contributed by atoms with Gasteiger partial charge >= 0.3 is 6.09 Å². The fourth-order valence-corrected chi connectivity index (χ4v) is 1.79. The van der Waals surface area contributed by atoms with E-state index >= 15 is 0 Å². The quantitative estimate of drug-likeness (QED) is 0.898. The first kappa shape index (κ1) is 14.9. The third kappa shape index (κ3) is 5.46. The first-order valence-corrected chi connectivity index (χ1v) is 6.32. The molecular weight excluding hydrogens is 300 g/mol. The molecule has 1 aromatic rings. The van der Waals surface area contributed by atoms with Gasteiger partial charge in [-0.2, -0.15) is 0 Å². The van der Waals surface area contributed by atoms with Crippen molar-refractivity contribution in [2.24, 2.45) is 0 Å². The summed E-state index contributed by atoms with van der Waals surface area (Å²) in [5, 5.41) is 11.6. The molecule has 1 heterocycles. The molecule has 5 nitrogen and oxygen atoms in total. The maximum absolute atomic E-state index is 11.4. The van der Waals surface area contributed by atoms with Crippen molar-refractivity contribution in [2.75, 3.05) is 0 Å². The highest BCUT2D eigenvalue weighted by Gasteiger charge is 2.15. The Morgan fingerprint density at radius 1 is 1.44 bits per heavy atom. The monoisotopic (exact) mass is 316 g/mol. The summed E-state index contributed by atoms with van der Waals surface area (Å²) in [4.78, 5) is 15.6. The van der Waals surface area contributed by atoms with Crippen molar-refractivity contribution in [3.63, 3.8) is 0 Å². The van der Waals surface area contributed by atoms with Crippen molar-refractivity contribution in [3.8, 4) is 0 Å². The van der Waals surface area contributed by atoms with E-state index in [4.69, 9.17) is 9.84 Å². The summed E-state index contributed by atoms with van der Waals surface area (Å²) in [6.45, 7) is 5.51. The molecule has 0 aliphatic rings.